The van der Waals surface area contributed by atoms with E-state index in [1.54, 1.807) is 0 Å². The Labute approximate surface area is 174 Å². The maximum absolute atomic E-state index is 11.2. The van der Waals surface area contributed by atoms with Gasteiger partial charge in [-0.15, -0.1) is 0 Å². The predicted octanol–water partition coefficient (Wildman–Crippen LogP) is 5.69. The van der Waals surface area contributed by atoms with E-state index in [0.29, 0.717) is 6.42 Å². The van der Waals surface area contributed by atoms with Gasteiger partial charge in [-0.25, -0.2) is 0 Å². The number of aliphatic hydroxyl groups excluding tert-OH is 2. The molecule has 2 aromatic rings. The summed E-state index contributed by atoms with van der Waals surface area (Å²) in [5, 5.41) is 21.2. The number of halogens is 2. The van der Waals surface area contributed by atoms with E-state index < -0.39 is 26.6 Å². The average molecular weight is 583 g/mol. The van der Waals surface area contributed by atoms with Gasteiger partial charge in [0.25, 0.3) is 0 Å². The minimum atomic E-state index is -5.34. The van der Waals surface area contributed by atoms with Gasteiger partial charge in [-0.05, 0) is 0 Å². The summed E-state index contributed by atoms with van der Waals surface area (Å²) in [5.41, 5.74) is 5.63. The molecule has 0 aliphatic heterocycles. The van der Waals surface area contributed by atoms with Crippen LogP contribution in [0.1, 0.15) is 39.8 Å². The molecule has 2 aliphatic carbocycles. The van der Waals surface area contributed by atoms with Crippen LogP contribution in [-0.4, -0.2) is 20.7 Å². The molecule has 0 radical (unpaired) electrons. The van der Waals surface area contributed by atoms with Crippen molar-refractivity contribution in [3.63, 3.8) is 0 Å². The quantitative estimate of drug-likeness (QED) is 0.445. The van der Waals surface area contributed by atoms with Gasteiger partial charge in [0.05, 0.1) is 0 Å². The number of aliphatic hydroxyl groups is 2. The summed E-state index contributed by atoms with van der Waals surface area (Å²) in [5.74, 6) is 0.237. The minimum absolute atomic E-state index is 0.237. The zero-order valence-electron chi connectivity index (χ0n) is 16.1. The first kappa shape index (κ1) is 20.6. The first-order valence-corrected chi connectivity index (χ1v) is 24.6. The third-order valence-electron chi connectivity index (χ3n) is 6.32. The summed E-state index contributed by atoms with van der Waals surface area (Å²) in [6.45, 7) is 3.85. The zero-order chi connectivity index (χ0) is 20.1. The average Bonchev–Trinajstić information content (AvgIpc) is 3.30. The molecular weight excluding hydrogens is 558 g/mol. The molecule has 2 unspecified atom stereocenters. The van der Waals surface area contributed by atoms with Crippen molar-refractivity contribution in [1.82, 2.24) is 0 Å². The molecule has 0 fully saturated rings. The van der Waals surface area contributed by atoms with Crippen LogP contribution in [0.4, 0.5) is 0 Å². The Kier molecular flexibility index (Phi) is 5.29. The van der Waals surface area contributed by atoms with Gasteiger partial charge in [-0.2, -0.15) is 0 Å². The molecule has 0 amide bonds. The molecule has 0 spiro atoms. The molecule has 2 nitrogen and oxygen atoms in total. The van der Waals surface area contributed by atoms with Crippen LogP contribution < -0.4 is 0 Å². The number of hydrogen-bond acceptors (Lipinski definition) is 2. The van der Waals surface area contributed by atoms with Crippen molar-refractivity contribution >= 4 is 29.3 Å². The van der Waals surface area contributed by atoms with Gasteiger partial charge in [0.1, 0.15) is 0 Å². The van der Waals surface area contributed by atoms with E-state index in [0.717, 1.165) is 25.6 Å². The molecular formula is C23H25Cl2HfO2. The van der Waals surface area contributed by atoms with Crippen LogP contribution in [-0.2, 0) is 22.6 Å². The number of fused-ring (bicyclic) bond motifs is 2. The molecule has 147 valence electrons. The summed E-state index contributed by atoms with van der Waals surface area (Å²) >= 11 is -5.34. The van der Waals surface area contributed by atoms with Gasteiger partial charge in [0.2, 0.25) is 0 Å². The van der Waals surface area contributed by atoms with E-state index >= 15 is 0 Å². The Balaban J connectivity index is 1.95. The van der Waals surface area contributed by atoms with Crippen LogP contribution in [0.25, 0.3) is 12.2 Å². The predicted molar refractivity (Wildman–Crippen MR) is 115 cm³/mol. The normalized spacial score (nSPS) is 20.8. The van der Waals surface area contributed by atoms with Crippen molar-refractivity contribution in [3.05, 3.63) is 79.7 Å². The van der Waals surface area contributed by atoms with Crippen molar-refractivity contribution in [2.45, 2.75) is 27.8 Å². The van der Waals surface area contributed by atoms with E-state index in [4.69, 9.17) is 17.2 Å². The van der Waals surface area contributed by atoms with E-state index in [-0.39, 0.29) is 9.59 Å². The van der Waals surface area contributed by atoms with Crippen molar-refractivity contribution in [2.24, 2.45) is 5.92 Å². The Morgan fingerprint density at radius 2 is 1.64 bits per heavy atom. The van der Waals surface area contributed by atoms with E-state index in [1.165, 1.54) is 5.56 Å². The van der Waals surface area contributed by atoms with Crippen LogP contribution in [0.3, 0.4) is 0 Å². The van der Waals surface area contributed by atoms with Gasteiger partial charge >= 0.3 is 176 Å². The second-order valence-electron chi connectivity index (χ2n) is 8.26. The molecule has 4 rings (SSSR count). The standard InChI is InChI=1S/C12H13.C9H7.C2H5O2.2ClH.Hf/c1-9(2)12-7-10-5-3-4-6-11(10)8-12;1-2-5-9-7-3-6-8(9)4-1;3-1-2-4;;;/h3-9H,1-2H3;1-2,4-6H,7H2;1,3-4H,2H2;2*1H;/q;;;;;+2/p-2. The van der Waals surface area contributed by atoms with Crippen molar-refractivity contribution in [3.8, 4) is 0 Å². The summed E-state index contributed by atoms with van der Waals surface area (Å²) in [4.78, 5) is 0. The number of rotatable bonds is 5. The van der Waals surface area contributed by atoms with Crippen molar-refractivity contribution in [2.75, 3.05) is 6.61 Å². The van der Waals surface area contributed by atoms with Gasteiger partial charge < -0.3 is 0 Å². The fourth-order valence-corrected chi connectivity index (χ4v) is 27.5. The Morgan fingerprint density at radius 1 is 1.00 bits per heavy atom. The van der Waals surface area contributed by atoms with E-state index in [1.807, 2.05) is 24.3 Å². The Hall–Kier alpha value is -0.710. The first-order valence-electron chi connectivity index (χ1n) is 9.73. The Bertz CT molecular complexity index is 994. The van der Waals surface area contributed by atoms with Crippen LogP contribution in [0.15, 0.2) is 57.4 Å². The zero-order valence-corrected chi connectivity index (χ0v) is 21.2. The second-order valence-corrected chi connectivity index (χ2v) is 38.2. The third-order valence-corrected chi connectivity index (χ3v) is 34.7. The number of benzene rings is 2. The van der Waals surface area contributed by atoms with Gasteiger partial charge in [0.15, 0.2) is 0 Å². The van der Waals surface area contributed by atoms with Crippen molar-refractivity contribution < 1.29 is 26.3 Å². The SMILES string of the molecule is CC(C)C1=Cc2ccccc2[CH]1[Hf]([Cl])([Cl])([C]1=Cc2ccccc2C1)[CH](O)CO. The molecule has 5 heteroatoms. The maximum atomic E-state index is 11.2. The molecule has 2 atom stereocenters. The topological polar surface area (TPSA) is 40.5 Å². The summed E-state index contributed by atoms with van der Waals surface area (Å²) in [6, 6.07) is 16.3. The van der Waals surface area contributed by atoms with Crippen LogP contribution >= 0.6 is 17.2 Å². The van der Waals surface area contributed by atoms with Gasteiger partial charge in [-0.3, -0.25) is 0 Å². The van der Waals surface area contributed by atoms with Gasteiger partial charge in [0, 0.05) is 0 Å². The fourth-order valence-electron chi connectivity index (χ4n) is 4.78. The molecule has 2 aliphatic rings. The summed E-state index contributed by atoms with van der Waals surface area (Å²) in [6.07, 6.45) is 4.89. The van der Waals surface area contributed by atoms with Gasteiger partial charge in [-0.1, -0.05) is 0 Å². The number of hydrogen-bond donors (Lipinski definition) is 2. The first-order chi connectivity index (χ1) is 13.3. The van der Waals surface area contributed by atoms with Crippen LogP contribution in [0.5, 0.6) is 0 Å². The molecule has 0 bridgehead atoms. The molecule has 2 N–H and O–H groups in total. The number of allylic oxidation sites excluding steroid dienone is 2. The molecule has 0 saturated carbocycles. The molecule has 2 aromatic carbocycles. The summed E-state index contributed by atoms with van der Waals surface area (Å²) < 4.78 is -0.421. The Morgan fingerprint density at radius 3 is 2.29 bits per heavy atom. The molecule has 0 aromatic heterocycles. The third kappa shape index (κ3) is 2.94. The molecule has 0 heterocycles. The molecule has 0 saturated heterocycles. The summed E-state index contributed by atoms with van der Waals surface area (Å²) in [7, 11) is 15.2. The second kappa shape index (κ2) is 7.21. The van der Waals surface area contributed by atoms with E-state index in [9.17, 15) is 10.2 Å². The van der Waals surface area contributed by atoms with Crippen molar-refractivity contribution in [1.29, 1.82) is 0 Å². The molecule has 28 heavy (non-hydrogen) atoms. The van der Waals surface area contributed by atoms with Crippen LogP contribution in [0.2, 0.25) is 0 Å². The monoisotopic (exact) mass is 583 g/mol. The van der Waals surface area contributed by atoms with E-state index in [2.05, 4.69) is 50.3 Å². The van der Waals surface area contributed by atoms with Crippen LogP contribution in [0, 0.1) is 5.92 Å². The fraction of sp³-hybridized carbons (Fsp3) is 0.304.